The van der Waals surface area contributed by atoms with E-state index in [4.69, 9.17) is 6.57 Å². The fourth-order valence-corrected chi connectivity index (χ4v) is 9.79. The summed E-state index contributed by atoms with van der Waals surface area (Å²) in [6.07, 6.45) is 0. The summed E-state index contributed by atoms with van der Waals surface area (Å²) in [4.78, 5) is 3.89. The molecule has 0 aliphatic carbocycles. The maximum absolute atomic E-state index is 7.89. The Balaban J connectivity index is 0.948. The summed E-state index contributed by atoms with van der Waals surface area (Å²) in [5.74, 6) is 0. The molecule has 0 bridgehead atoms. The van der Waals surface area contributed by atoms with Crippen LogP contribution in [-0.2, 0) is 0 Å². The van der Waals surface area contributed by atoms with Gasteiger partial charge >= 0.3 is 0 Å². The number of rotatable bonds is 5. The Bertz CT molecular complexity index is 3580. The number of benzene rings is 11. The van der Waals surface area contributed by atoms with Gasteiger partial charge in [-0.3, -0.25) is 0 Å². The molecule has 0 spiro atoms. The largest absolute Gasteiger partial charge is 0.309 e. The van der Waals surface area contributed by atoms with Gasteiger partial charge in [0.25, 0.3) is 0 Å². The van der Waals surface area contributed by atoms with E-state index in [0.29, 0.717) is 5.69 Å². The molecule has 59 heavy (non-hydrogen) atoms. The van der Waals surface area contributed by atoms with Crippen molar-refractivity contribution in [1.29, 1.82) is 0 Å². The molecule has 0 atom stereocenters. The zero-order chi connectivity index (χ0) is 39.0. The van der Waals surface area contributed by atoms with Gasteiger partial charge in [-0.15, -0.1) is 0 Å². The molecule has 11 aromatic carbocycles. The van der Waals surface area contributed by atoms with Crippen molar-refractivity contribution in [3.05, 3.63) is 218 Å². The molecule has 2 nitrogen and oxygen atoms in total. The van der Waals surface area contributed by atoms with E-state index in [1.54, 1.807) is 0 Å². The Hall–Kier alpha value is -7.99. The fourth-order valence-electron chi connectivity index (χ4n) is 9.79. The van der Waals surface area contributed by atoms with E-state index >= 15 is 0 Å². The van der Waals surface area contributed by atoms with E-state index in [2.05, 4.69) is 210 Å². The van der Waals surface area contributed by atoms with Crippen molar-refractivity contribution in [2.24, 2.45) is 0 Å². The zero-order valence-corrected chi connectivity index (χ0v) is 32.0. The first kappa shape index (κ1) is 33.2. The van der Waals surface area contributed by atoms with Crippen molar-refractivity contribution in [1.82, 2.24) is 4.57 Å². The predicted octanol–water partition coefficient (Wildman–Crippen LogP) is 16.1. The van der Waals surface area contributed by atoms with Gasteiger partial charge in [0.15, 0.2) is 5.69 Å². The van der Waals surface area contributed by atoms with Gasteiger partial charge in [0.05, 0.1) is 17.6 Å². The third kappa shape index (κ3) is 4.99. The number of hydrogen-bond donors (Lipinski definition) is 0. The van der Waals surface area contributed by atoms with Gasteiger partial charge in [0.1, 0.15) is 0 Å². The lowest BCUT2D eigenvalue weighted by molar-refractivity contribution is 1.18. The van der Waals surface area contributed by atoms with Gasteiger partial charge in [0.2, 0.25) is 0 Å². The molecule has 0 saturated heterocycles. The lowest BCUT2D eigenvalue weighted by Crippen LogP contribution is -1.93. The average Bonchev–Trinajstić information content (AvgIpc) is 3.65. The van der Waals surface area contributed by atoms with Crippen LogP contribution in [0.25, 0.3) is 120 Å². The summed E-state index contributed by atoms with van der Waals surface area (Å²) >= 11 is 0. The van der Waals surface area contributed by atoms with Crippen molar-refractivity contribution in [3.8, 4) is 50.2 Å². The maximum Gasteiger partial charge on any atom is 0.195 e. The molecular formula is C57H34N2. The first-order chi connectivity index (χ1) is 29.2. The number of aromatic nitrogens is 1. The summed E-state index contributed by atoms with van der Waals surface area (Å²) in [6.45, 7) is 7.89. The number of hydrogen-bond acceptors (Lipinski definition) is 0. The second-order valence-corrected chi connectivity index (χ2v) is 15.5. The first-order valence-corrected chi connectivity index (χ1v) is 20.1. The van der Waals surface area contributed by atoms with Gasteiger partial charge in [-0.2, -0.15) is 0 Å². The van der Waals surface area contributed by atoms with Crippen LogP contribution >= 0.6 is 0 Å². The van der Waals surface area contributed by atoms with Gasteiger partial charge in [-0.1, -0.05) is 182 Å². The molecule has 12 aromatic rings. The molecule has 0 aliphatic rings. The highest BCUT2D eigenvalue weighted by atomic mass is 15.0. The summed E-state index contributed by atoms with van der Waals surface area (Å²) < 4.78 is 2.33. The molecule has 272 valence electrons. The van der Waals surface area contributed by atoms with Gasteiger partial charge in [-0.05, 0) is 112 Å². The molecule has 0 unspecified atom stereocenters. The Morgan fingerprint density at radius 3 is 1.49 bits per heavy atom. The van der Waals surface area contributed by atoms with Crippen LogP contribution in [0.1, 0.15) is 0 Å². The monoisotopic (exact) mass is 746 g/mol. The number of fused-ring (bicyclic) bond motifs is 3. The van der Waals surface area contributed by atoms with E-state index in [9.17, 15) is 0 Å². The Kier molecular flexibility index (Phi) is 7.33. The number of para-hydroxylation sites is 1. The minimum absolute atomic E-state index is 0.687. The molecule has 0 aliphatic heterocycles. The highest BCUT2D eigenvalue weighted by Gasteiger charge is 2.21. The number of nitrogens with zero attached hydrogens (tertiary/aromatic N) is 2. The Morgan fingerprint density at radius 1 is 0.322 bits per heavy atom. The van der Waals surface area contributed by atoms with Crippen LogP contribution in [0.5, 0.6) is 0 Å². The fraction of sp³-hybridized carbons (Fsp3) is 0. The minimum Gasteiger partial charge on any atom is -0.309 e. The molecular weight excluding hydrogens is 713 g/mol. The summed E-state index contributed by atoms with van der Waals surface area (Å²) in [6, 6.07) is 74.6. The topological polar surface area (TPSA) is 9.29 Å². The van der Waals surface area contributed by atoms with E-state index in [0.717, 1.165) is 27.5 Å². The third-order valence-corrected chi connectivity index (χ3v) is 12.4. The molecule has 0 amide bonds. The van der Waals surface area contributed by atoms with Crippen LogP contribution in [0.3, 0.4) is 0 Å². The summed E-state index contributed by atoms with van der Waals surface area (Å²) in [7, 11) is 0. The van der Waals surface area contributed by atoms with Gasteiger partial charge in [0, 0.05) is 16.5 Å². The van der Waals surface area contributed by atoms with Crippen molar-refractivity contribution in [2.45, 2.75) is 0 Å². The second kappa shape index (κ2) is 13.0. The SMILES string of the molecule is [C-]#[N+]c1ccc2c3c1ccc1c(-c4ccc(-c5ccc(-c6c7ccccc7c(-c7cccc8ccccc78)c7ccccc67)cc5)cc4)ccc(c13)n2-c1ccccc1. The van der Waals surface area contributed by atoms with E-state index in [1.165, 1.54) is 87.6 Å². The van der Waals surface area contributed by atoms with Crippen LogP contribution in [0.2, 0.25) is 0 Å². The van der Waals surface area contributed by atoms with Crippen LogP contribution in [-0.4, -0.2) is 4.57 Å². The Labute approximate surface area is 341 Å². The molecule has 1 heterocycles. The first-order valence-electron chi connectivity index (χ1n) is 20.1. The Morgan fingerprint density at radius 2 is 0.831 bits per heavy atom. The van der Waals surface area contributed by atoms with Crippen LogP contribution < -0.4 is 0 Å². The normalized spacial score (nSPS) is 11.7. The smallest absolute Gasteiger partial charge is 0.195 e. The highest BCUT2D eigenvalue weighted by molar-refractivity contribution is 6.29. The quantitative estimate of drug-likeness (QED) is 0.0942. The average molecular weight is 747 g/mol. The van der Waals surface area contributed by atoms with Crippen molar-refractivity contribution < 1.29 is 0 Å². The van der Waals surface area contributed by atoms with E-state index in [1.807, 2.05) is 6.07 Å². The summed E-state index contributed by atoms with van der Waals surface area (Å²) in [5, 5.41) is 12.1. The third-order valence-electron chi connectivity index (χ3n) is 12.4. The summed E-state index contributed by atoms with van der Waals surface area (Å²) in [5.41, 5.74) is 13.8. The van der Waals surface area contributed by atoms with Crippen LogP contribution in [0, 0.1) is 6.57 Å². The van der Waals surface area contributed by atoms with Crippen LogP contribution in [0.15, 0.2) is 206 Å². The lowest BCUT2D eigenvalue weighted by atomic mass is 9.84. The molecule has 0 saturated carbocycles. The second-order valence-electron chi connectivity index (χ2n) is 15.5. The van der Waals surface area contributed by atoms with Crippen molar-refractivity contribution >= 4 is 70.6 Å². The van der Waals surface area contributed by atoms with Crippen molar-refractivity contribution in [3.63, 3.8) is 0 Å². The van der Waals surface area contributed by atoms with E-state index in [-0.39, 0.29) is 0 Å². The predicted molar refractivity (Wildman–Crippen MR) is 250 cm³/mol. The van der Waals surface area contributed by atoms with Gasteiger partial charge < -0.3 is 4.57 Å². The maximum atomic E-state index is 7.89. The molecule has 0 radical (unpaired) electrons. The zero-order valence-electron chi connectivity index (χ0n) is 32.0. The molecule has 0 N–H and O–H groups in total. The van der Waals surface area contributed by atoms with Crippen LogP contribution in [0.4, 0.5) is 5.69 Å². The molecule has 1 aromatic heterocycles. The molecule has 2 heteroatoms. The van der Waals surface area contributed by atoms with Crippen molar-refractivity contribution in [2.75, 3.05) is 0 Å². The standard InChI is InChI=1S/C57H34N2/c1-58-51-33-35-53-57-50(51)31-30-49-43(32-34-52(56(49)57)59(53)41-14-3-2-4-15-41)39-26-22-36(23-27-39)37-24-28-40(29-25-37)54-45-17-7-9-19-47(45)55(48-20-10-8-18-46(48)54)44-21-11-13-38-12-5-6-16-42(38)44/h2-35H. The molecule has 12 rings (SSSR count). The lowest BCUT2D eigenvalue weighted by Gasteiger charge is -2.19. The minimum atomic E-state index is 0.687. The van der Waals surface area contributed by atoms with Gasteiger partial charge in [-0.25, -0.2) is 4.85 Å². The van der Waals surface area contributed by atoms with E-state index < -0.39 is 0 Å². The highest BCUT2D eigenvalue weighted by Crippen LogP contribution is 2.47. The molecule has 0 fully saturated rings.